The standard InChI is InChI=1S/C24H20ClFN4O4/c1-2-33-23(31)21-14-12-30(24(32)29-17(14)7-9-28-21)18-11-20-13(10-15(18)25)5-6-19(34-20)22-16(26)4-3-8-27-22/h3-4,7-11,19H,2,5-6,12H2,1H3,(H,29,32). The zero-order valence-electron chi connectivity index (χ0n) is 18.2. The number of nitrogens with zero attached hydrogens (tertiary/aromatic N) is 3. The van der Waals surface area contributed by atoms with E-state index in [4.69, 9.17) is 21.1 Å². The highest BCUT2D eigenvalue weighted by atomic mass is 35.5. The van der Waals surface area contributed by atoms with E-state index in [1.54, 1.807) is 25.1 Å². The number of esters is 1. The van der Waals surface area contributed by atoms with Crippen LogP contribution in [0.1, 0.15) is 46.8 Å². The van der Waals surface area contributed by atoms with Gasteiger partial charge in [0.15, 0.2) is 5.69 Å². The van der Waals surface area contributed by atoms with Gasteiger partial charge in [-0.3, -0.25) is 9.88 Å². The topological polar surface area (TPSA) is 93.7 Å². The van der Waals surface area contributed by atoms with Crippen LogP contribution < -0.4 is 15.0 Å². The lowest BCUT2D eigenvalue weighted by Gasteiger charge is -2.32. The second-order valence-corrected chi connectivity index (χ2v) is 8.26. The maximum absolute atomic E-state index is 14.3. The molecule has 10 heteroatoms. The van der Waals surface area contributed by atoms with Gasteiger partial charge in [-0.1, -0.05) is 11.6 Å². The Hall–Kier alpha value is -3.72. The number of urea groups is 1. The number of hydrogen-bond donors (Lipinski definition) is 1. The number of ether oxygens (including phenoxy) is 2. The molecule has 0 aliphatic carbocycles. The van der Waals surface area contributed by atoms with E-state index < -0.39 is 23.9 Å². The third-order valence-corrected chi connectivity index (χ3v) is 6.09. The molecule has 34 heavy (non-hydrogen) atoms. The number of amides is 2. The molecule has 1 N–H and O–H groups in total. The Morgan fingerprint density at radius 3 is 2.97 bits per heavy atom. The van der Waals surface area contributed by atoms with Crippen molar-refractivity contribution in [3.8, 4) is 5.75 Å². The number of aryl methyl sites for hydroxylation is 1. The summed E-state index contributed by atoms with van der Waals surface area (Å²) < 4.78 is 25.5. The van der Waals surface area contributed by atoms with Crippen molar-refractivity contribution in [2.45, 2.75) is 32.4 Å². The van der Waals surface area contributed by atoms with Crippen molar-refractivity contribution in [2.75, 3.05) is 16.8 Å². The number of anilines is 2. The summed E-state index contributed by atoms with van der Waals surface area (Å²) in [5.41, 5.74) is 2.61. The molecule has 1 unspecified atom stereocenters. The van der Waals surface area contributed by atoms with Gasteiger partial charge in [0.25, 0.3) is 0 Å². The number of carbonyl (C=O) groups is 2. The van der Waals surface area contributed by atoms with Crippen molar-refractivity contribution < 1.29 is 23.5 Å². The number of carbonyl (C=O) groups excluding carboxylic acids is 2. The summed E-state index contributed by atoms with van der Waals surface area (Å²) in [4.78, 5) is 35.0. The molecule has 0 radical (unpaired) electrons. The van der Waals surface area contributed by atoms with E-state index in [2.05, 4.69) is 15.3 Å². The van der Waals surface area contributed by atoms with Crippen LogP contribution in [0.25, 0.3) is 0 Å². The molecule has 2 aromatic heterocycles. The molecule has 4 heterocycles. The minimum absolute atomic E-state index is 0.0555. The van der Waals surface area contributed by atoms with Crippen LogP contribution in [0, 0.1) is 5.82 Å². The van der Waals surface area contributed by atoms with Crippen LogP contribution in [0.5, 0.6) is 5.75 Å². The summed E-state index contributed by atoms with van der Waals surface area (Å²) in [5, 5.41) is 3.13. The molecular weight excluding hydrogens is 463 g/mol. The molecule has 0 saturated heterocycles. The molecular formula is C24H20ClFN4O4. The molecule has 0 bridgehead atoms. The Labute approximate surface area is 199 Å². The molecule has 1 atom stereocenters. The van der Waals surface area contributed by atoms with Gasteiger partial charge in [-0.25, -0.2) is 19.0 Å². The lowest BCUT2D eigenvalue weighted by Crippen LogP contribution is -2.40. The summed E-state index contributed by atoms with van der Waals surface area (Å²) in [6, 6.07) is 7.49. The highest BCUT2D eigenvalue weighted by molar-refractivity contribution is 6.34. The van der Waals surface area contributed by atoms with Gasteiger partial charge in [-0.05, 0) is 49.6 Å². The van der Waals surface area contributed by atoms with E-state index in [1.165, 1.54) is 29.4 Å². The molecule has 0 spiro atoms. The highest BCUT2D eigenvalue weighted by Gasteiger charge is 2.32. The van der Waals surface area contributed by atoms with Gasteiger partial charge in [-0.15, -0.1) is 0 Å². The Morgan fingerprint density at radius 1 is 1.32 bits per heavy atom. The number of pyridine rings is 2. The third-order valence-electron chi connectivity index (χ3n) is 5.79. The maximum atomic E-state index is 14.3. The normalized spacial score (nSPS) is 16.7. The summed E-state index contributed by atoms with van der Waals surface area (Å²) in [5.74, 6) is -0.511. The second kappa shape index (κ2) is 8.90. The fraction of sp³-hybridized carbons (Fsp3) is 0.250. The molecule has 174 valence electrons. The lowest BCUT2D eigenvalue weighted by atomic mass is 9.99. The van der Waals surface area contributed by atoms with Gasteiger partial charge >= 0.3 is 12.0 Å². The predicted molar refractivity (Wildman–Crippen MR) is 123 cm³/mol. The van der Waals surface area contributed by atoms with Crippen LogP contribution in [0.15, 0.2) is 42.7 Å². The highest BCUT2D eigenvalue weighted by Crippen LogP contribution is 2.42. The number of benzene rings is 1. The van der Waals surface area contributed by atoms with E-state index in [-0.39, 0.29) is 24.5 Å². The molecule has 1 aromatic carbocycles. The second-order valence-electron chi connectivity index (χ2n) is 7.85. The van der Waals surface area contributed by atoms with Crippen molar-refractivity contribution in [2.24, 2.45) is 0 Å². The average molecular weight is 483 g/mol. The van der Waals surface area contributed by atoms with Crippen LogP contribution in [0.4, 0.5) is 20.6 Å². The molecule has 2 amide bonds. The molecule has 2 aliphatic rings. The van der Waals surface area contributed by atoms with Crippen molar-refractivity contribution in [3.05, 3.63) is 76.1 Å². The number of hydrogen-bond acceptors (Lipinski definition) is 6. The summed E-state index contributed by atoms with van der Waals surface area (Å²) in [7, 11) is 0. The Morgan fingerprint density at radius 2 is 2.18 bits per heavy atom. The first-order chi connectivity index (χ1) is 16.5. The van der Waals surface area contributed by atoms with E-state index in [0.29, 0.717) is 40.6 Å². The van der Waals surface area contributed by atoms with Crippen molar-refractivity contribution in [3.63, 3.8) is 0 Å². The molecule has 0 saturated carbocycles. The Bertz CT molecular complexity index is 1300. The number of rotatable bonds is 4. The van der Waals surface area contributed by atoms with Gasteiger partial charge in [-0.2, -0.15) is 0 Å². The van der Waals surface area contributed by atoms with Crippen LogP contribution >= 0.6 is 11.6 Å². The average Bonchev–Trinajstić information content (AvgIpc) is 2.83. The monoisotopic (exact) mass is 482 g/mol. The van der Waals surface area contributed by atoms with Crippen LogP contribution in [-0.4, -0.2) is 28.6 Å². The number of halogens is 2. The predicted octanol–water partition coefficient (Wildman–Crippen LogP) is 5.06. The quantitative estimate of drug-likeness (QED) is 0.522. The fourth-order valence-electron chi connectivity index (χ4n) is 4.17. The zero-order chi connectivity index (χ0) is 23.8. The minimum atomic E-state index is -0.574. The first-order valence-corrected chi connectivity index (χ1v) is 11.2. The smallest absolute Gasteiger partial charge is 0.357 e. The van der Waals surface area contributed by atoms with Crippen molar-refractivity contribution in [1.82, 2.24) is 9.97 Å². The molecule has 3 aromatic rings. The van der Waals surface area contributed by atoms with Gasteiger partial charge in [0.05, 0.1) is 29.5 Å². The van der Waals surface area contributed by atoms with E-state index in [9.17, 15) is 14.0 Å². The number of fused-ring (bicyclic) bond motifs is 2. The van der Waals surface area contributed by atoms with Crippen LogP contribution in [-0.2, 0) is 17.7 Å². The minimum Gasteiger partial charge on any atom is -0.484 e. The third kappa shape index (κ3) is 3.92. The van der Waals surface area contributed by atoms with Gasteiger partial charge in [0.2, 0.25) is 0 Å². The molecule has 8 nitrogen and oxygen atoms in total. The summed E-state index contributed by atoms with van der Waals surface area (Å²) >= 11 is 6.56. The SMILES string of the molecule is CCOC(=O)c1nccc2c1CN(c1cc3c(cc1Cl)CCC(c1ncccc1F)O3)C(=O)N2. The molecule has 2 aliphatic heterocycles. The summed E-state index contributed by atoms with van der Waals surface area (Å²) in [6.45, 7) is 1.96. The van der Waals surface area contributed by atoms with Gasteiger partial charge < -0.3 is 14.8 Å². The van der Waals surface area contributed by atoms with Gasteiger partial charge in [0, 0.05) is 24.0 Å². The van der Waals surface area contributed by atoms with E-state index in [1.807, 2.05) is 0 Å². The first-order valence-electron chi connectivity index (χ1n) is 10.8. The largest absolute Gasteiger partial charge is 0.484 e. The summed E-state index contributed by atoms with van der Waals surface area (Å²) in [6.07, 6.45) is 3.57. The van der Waals surface area contributed by atoms with Crippen molar-refractivity contribution in [1.29, 1.82) is 0 Å². The Kier molecular flexibility index (Phi) is 5.79. The van der Waals surface area contributed by atoms with Gasteiger partial charge in [0.1, 0.15) is 23.4 Å². The van der Waals surface area contributed by atoms with Crippen molar-refractivity contribution >= 4 is 35.0 Å². The maximum Gasteiger partial charge on any atom is 0.357 e. The Balaban J connectivity index is 1.49. The zero-order valence-corrected chi connectivity index (χ0v) is 18.9. The first kappa shape index (κ1) is 22.1. The van der Waals surface area contributed by atoms with E-state index >= 15 is 0 Å². The fourth-order valence-corrected chi connectivity index (χ4v) is 4.46. The van der Waals surface area contributed by atoms with Crippen LogP contribution in [0.3, 0.4) is 0 Å². The molecule has 0 fully saturated rings. The lowest BCUT2D eigenvalue weighted by molar-refractivity contribution is 0.0518. The number of nitrogens with one attached hydrogen (secondary N) is 1. The van der Waals surface area contributed by atoms with Crippen LogP contribution in [0.2, 0.25) is 5.02 Å². The molecule has 5 rings (SSSR count). The van der Waals surface area contributed by atoms with E-state index in [0.717, 1.165) is 5.56 Å². The number of aromatic nitrogens is 2.